The number of nitrogens with zero attached hydrogens (tertiary/aromatic N) is 1. The maximum Gasteiger partial charge on any atom is 0.325 e. The van der Waals surface area contributed by atoms with E-state index in [4.69, 9.17) is 32.5 Å². The second kappa shape index (κ2) is 8.50. The van der Waals surface area contributed by atoms with Gasteiger partial charge in [0.2, 0.25) is 0 Å². The van der Waals surface area contributed by atoms with Crippen LogP contribution >= 0.6 is 23.2 Å². The Hall–Kier alpha value is -2.58. The molecular formula is C15H13Cl2N3O5. The van der Waals surface area contributed by atoms with Gasteiger partial charge in [0.05, 0.1) is 10.0 Å². The van der Waals surface area contributed by atoms with Gasteiger partial charge in [-0.3, -0.25) is 14.4 Å². The molecule has 0 bridgehead atoms. The fourth-order valence-electron chi connectivity index (χ4n) is 1.69. The molecule has 10 heteroatoms. The molecule has 8 nitrogen and oxygen atoms in total. The maximum absolute atomic E-state index is 11.9. The Kier molecular flexibility index (Phi) is 6.37. The molecule has 1 heterocycles. The lowest BCUT2D eigenvalue weighted by atomic mass is 10.2. The molecule has 0 saturated heterocycles. The molecule has 0 atom stereocenters. The Bertz CT molecular complexity index is 806. The SMILES string of the molecule is Cc1cc(NC(=O)COC(=O)CNC(=O)c2ccc(Cl)c(Cl)c2)no1. The molecule has 0 radical (unpaired) electrons. The lowest BCUT2D eigenvalue weighted by Crippen LogP contribution is -2.32. The molecule has 0 saturated carbocycles. The van der Waals surface area contributed by atoms with Crippen molar-refractivity contribution in [2.75, 3.05) is 18.5 Å². The van der Waals surface area contributed by atoms with Crippen LogP contribution in [0.25, 0.3) is 0 Å². The van der Waals surface area contributed by atoms with E-state index in [9.17, 15) is 14.4 Å². The molecule has 0 aliphatic rings. The highest BCUT2D eigenvalue weighted by Gasteiger charge is 2.13. The molecule has 2 N–H and O–H groups in total. The second-order valence-electron chi connectivity index (χ2n) is 4.84. The molecule has 2 aromatic rings. The number of halogens is 2. The van der Waals surface area contributed by atoms with Crippen LogP contribution in [-0.4, -0.2) is 36.1 Å². The van der Waals surface area contributed by atoms with E-state index < -0.39 is 30.9 Å². The Morgan fingerprint density at radius 3 is 2.60 bits per heavy atom. The molecule has 25 heavy (non-hydrogen) atoms. The van der Waals surface area contributed by atoms with E-state index in [2.05, 4.69) is 15.8 Å². The molecule has 0 spiro atoms. The zero-order valence-corrected chi connectivity index (χ0v) is 14.5. The molecule has 0 fully saturated rings. The Labute approximate surface area is 152 Å². The van der Waals surface area contributed by atoms with Crippen molar-refractivity contribution in [3.8, 4) is 0 Å². The van der Waals surface area contributed by atoms with Crippen LogP contribution in [0.4, 0.5) is 5.82 Å². The quantitative estimate of drug-likeness (QED) is 0.737. The fraction of sp³-hybridized carbons (Fsp3) is 0.200. The van der Waals surface area contributed by atoms with Gasteiger partial charge in [-0.1, -0.05) is 28.4 Å². The highest BCUT2D eigenvalue weighted by Crippen LogP contribution is 2.22. The first-order valence-corrected chi connectivity index (χ1v) is 7.73. The molecule has 132 valence electrons. The van der Waals surface area contributed by atoms with Crippen LogP contribution in [-0.2, 0) is 14.3 Å². The summed E-state index contributed by atoms with van der Waals surface area (Å²) in [5, 5.41) is 8.83. The topological polar surface area (TPSA) is 111 Å². The van der Waals surface area contributed by atoms with E-state index in [1.54, 1.807) is 6.92 Å². The van der Waals surface area contributed by atoms with Crippen molar-refractivity contribution in [2.24, 2.45) is 0 Å². The third kappa shape index (κ3) is 5.77. The number of benzene rings is 1. The minimum atomic E-state index is -0.778. The van der Waals surface area contributed by atoms with Crippen molar-refractivity contribution in [3.63, 3.8) is 0 Å². The number of esters is 1. The minimum Gasteiger partial charge on any atom is -0.454 e. The number of aryl methyl sites for hydroxylation is 1. The van der Waals surface area contributed by atoms with Gasteiger partial charge in [0, 0.05) is 11.6 Å². The summed E-state index contributed by atoms with van der Waals surface area (Å²) in [6.07, 6.45) is 0. The lowest BCUT2D eigenvalue weighted by molar-refractivity contribution is -0.146. The van der Waals surface area contributed by atoms with Crippen LogP contribution < -0.4 is 10.6 Å². The summed E-state index contributed by atoms with van der Waals surface area (Å²) >= 11 is 11.6. The van der Waals surface area contributed by atoms with Crippen molar-refractivity contribution >= 4 is 46.8 Å². The van der Waals surface area contributed by atoms with E-state index in [0.29, 0.717) is 10.8 Å². The summed E-state index contributed by atoms with van der Waals surface area (Å²) < 4.78 is 9.52. The predicted octanol–water partition coefficient (Wildman–Crippen LogP) is 2.20. The number of hydrogen-bond donors (Lipinski definition) is 2. The van der Waals surface area contributed by atoms with Gasteiger partial charge in [-0.2, -0.15) is 0 Å². The molecular weight excluding hydrogens is 373 g/mol. The summed E-state index contributed by atoms with van der Waals surface area (Å²) in [6, 6.07) is 5.81. The summed E-state index contributed by atoms with van der Waals surface area (Å²) in [4.78, 5) is 35.0. The fourth-order valence-corrected chi connectivity index (χ4v) is 1.99. The zero-order chi connectivity index (χ0) is 18.4. The third-order valence-corrected chi connectivity index (χ3v) is 3.57. The van der Waals surface area contributed by atoms with E-state index in [0.717, 1.165) is 0 Å². The van der Waals surface area contributed by atoms with Crippen molar-refractivity contribution in [3.05, 3.63) is 45.6 Å². The van der Waals surface area contributed by atoms with Crippen molar-refractivity contribution in [2.45, 2.75) is 6.92 Å². The largest absolute Gasteiger partial charge is 0.454 e. The summed E-state index contributed by atoms with van der Waals surface area (Å²) in [7, 11) is 0. The summed E-state index contributed by atoms with van der Waals surface area (Å²) in [5.41, 5.74) is 0.237. The van der Waals surface area contributed by atoms with Crippen LogP contribution in [0.1, 0.15) is 16.1 Å². The summed E-state index contributed by atoms with van der Waals surface area (Å²) in [5.74, 6) is -1.15. The number of amides is 2. The molecule has 0 aliphatic heterocycles. The number of carbonyl (C=O) groups is 3. The minimum absolute atomic E-state index is 0.214. The maximum atomic E-state index is 11.9. The number of hydrogen-bond acceptors (Lipinski definition) is 6. The number of aromatic nitrogens is 1. The lowest BCUT2D eigenvalue weighted by Gasteiger charge is -2.07. The molecule has 2 rings (SSSR count). The number of carbonyl (C=O) groups excluding carboxylic acids is 3. The number of rotatable bonds is 6. The standard InChI is InChI=1S/C15H13Cl2N3O5/c1-8-4-12(20-25-8)19-13(21)7-24-14(22)6-18-15(23)9-2-3-10(16)11(17)5-9/h2-5H,6-7H2,1H3,(H,18,23)(H,19,20,21). The van der Waals surface area contributed by atoms with Crippen LogP contribution in [0.5, 0.6) is 0 Å². The second-order valence-corrected chi connectivity index (χ2v) is 5.66. The van der Waals surface area contributed by atoms with Gasteiger partial charge in [-0.25, -0.2) is 0 Å². The van der Waals surface area contributed by atoms with Gasteiger partial charge in [0.15, 0.2) is 12.4 Å². The number of nitrogens with one attached hydrogen (secondary N) is 2. The van der Waals surface area contributed by atoms with Crippen molar-refractivity contribution in [1.82, 2.24) is 10.5 Å². The van der Waals surface area contributed by atoms with Gasteiger partial charge in [-0.05, 0) is 25.1 Å². The van der Waals surface area contributed by atoms with E-state index in [1.165, 1.54) is 24.3 Å². The monoisotopic (exact) mass is 385 g/mol. The number of anilines is 1. The Morgan fingerprint density at radius 2 is 1.96 bits per heavy atom. The van der Waals surface area contributed by atoms with Crippen LogP contribution in [0.15, 0.2) is 28.8 Å². The van der Waals surface area contributed by atoms with Crippen LogP contribution in [0.3, 0.4) is 0 Å². The van der Waals surface area contributed by atoms with Gasteiger partial charge in [0.1, 0.15) is 12.3 Å². The zero-order valence-electron chi connectivity index (χ0n) is 13.0. The Morgan fingerprint density at radius 1 is 1.20 bits per heavy atom. The first-order valence-electron chi connectivity index (χ1n) is 6.97. The van der Waals surface area contributed by atoms with Crippen LogP contribution in [0.2, 0.25) is 10.0 Å². The van der Waals surface area contributed by atoms with Crippen molar-refractivity contribution in [1.29, 1.82) is 0 Å². The predicted molar refractivity (Wildman–Crippen MR) is 89.6 cm³/mol. The Balaban J connectivity index is 1.73. The molecule has 0 aliphatic carbocycles. The molecule has 1 aromatic carbocycles. The van der Waals surface area contributed by atoms with E-state index in [-0.39, 0.29) is 16.4 Å². The van der Waals surface area contributed by atoms with Crippen LogP contribution in [0, 0.1) is 6.92 Å². The highest BCUT2D eigenvalue weighted by molar-refractivity contribution is 6.42. The first-order chi connectivity index (χ1) is 11.8. The smallest absolute Gasteiger partial charge is 0.325 e. The first kappa shape index (κ1) is 18.8. The average Bonchev–Trinajstić information content (AvgIpc) is 2.98. The number of ether oxygens (including phenoxy) is 1. The molecule has 1 aromatic heterocycles. The van der Waals surface area contributed by atoms with Gasteiger partial charge >= 0.3 is 5.97 Å². The van der Waals surface area contributed by atoms with Gasteiger partial charge in [-0.15, -0.1) is 0 Å². The van der Waals surface area contributed by atoms with Gasteiger partial charge in [0.25, 0.3) is 11.8 Å². The van der Waals surface area contributed by atoms with Crippen molar-refractivity contribution < 1.29 is 23.6 Å². The van der Waals surface area contributed by atoms with Gasteiger partial charge < -0.3 is 19.9 Å². The van der Waals surface area contributed by atoms with E-state index in [1.807, 2.05) is 0 Å². The molecule has 0 unspecified atom stereocenters. The molecule has 2 amide bonds. The third-order valence-electron chi connectivity index (χ3n) is 2.83. The highest BCUT2D eigenvalue weighted by atomic mass is 35.5. The summed E-state index contributed by atoms with van der Waals surface area (Å²) in [6.45, 7) is 0.738. The van der Waals surface area contributed by atoms with E-state index >= 15 is 0 Å². The average molecular weight is 386 g/mol. The normalized spacial score (nSPS) is 10.2.